The zero-order valence-corrected chi connectivity index (χ0v) is 15.3. The number of hydrazine groups is 1. The van der Waals surface area contributed by atoms with Gasteiger partial charge in [-0.05, 0) is 54.1 Å². The lowest BCUT2D eigenvalue weighted by Crippen LogP contribution is -2.42. The number of halogens is 1. The number of rotatable bonds is 2. The minimum Gasteiger partial charge on any atom is -0.451 e. The van der Waals surface area contributed by atoms with Crippen LogP contribution in [0.25, 0.3) is 11.0 Å². The van der Waals surface area contributed by atoms with Gasteiger partial charge in [-0.15, -0.1) is 0 Å². The highest BCUT2D eigenvalue weighted by Gasteiger charge is 2.18. The van der Waals surface area contributed by atoms with Crippen molar-refractivity contribution < 1.29 is 14.0 Å². The van der Waals surface area contributed by atoms with Crippen LogP contribution in [0.2, 0.25) is 0 Å². The van der Waals surface area contributed by atoms with Gasteiger partial charge in [0.25, 0.3) is 5.91 Å². The molecule has 2 N–H and O–H groups in total. The molecule has 1 aromatic heterocycles. The number of amides is 2. The number of carbonyl (C=O) groups is 2. The van der Waals surface area contributed by atoms with Crippen LogP contribution in [0, 0.1) is 17.4 Å². The molecule has 0 atom stereocenters. The molecule has 1 heterocycles. The van der Waals surface area contributed by atoms with Gasteiger partial charge in [0, 0.05) is 14.5 Å². The molecular weight excluding hydrogens is 419 g/mol. The van der Waals surface area contributed by atoms with Crippen molar-refractivity contribution in [1.82, 2.24) is 10.9 Å². The summed E-state index contributed by atoms with van der Waals surface area (Å²) in [6.07, 6.45) is 0. The van der Waals surface area contributed by atoms with Crippen LogP contribution in [-0.2, 0) is 0 Å². The molecule has 2 amide bonds. The Morgan fingerprint density at radius 2 is 1.67 bits per heavy atom. The molecule has 0 aliphatic carbocycles. The van der Waals surface area contributed by atoms with Gasteiger partial charge in [-0.1, -0.05) is 30.3 Å². The van der Waals surface area contributed by atoms with Crippen molar-refractivity contribution in [1.29, 1.82) is 0 Å². The molecule has 5 nitrogen and oxygen atoms in total. The minimum atomic E-state index is -0.486. The fourth-order valence-corrected chi connectivity index (χ4v) is 3.06. The molecule has 0 saturated carbocycles. The molecule has 0 radical (unpaired) electrons. The summed E-state index contributed by atoms with van der Waals surface area (Å²) in [6, 6.07) is 12.9. The number of para-hydroxylation sites is 1. The monoisotopic (exact) mass is 434 g/mol. The smallest absolute Gasteiger partial charge is 0.305 e. The number of hydrogen-bond donors (Lipinski definition) is 2. The number of fused-ring (bicyclic) bond motifs is 1. The summed E-state index contributed by atoms with van der Waals surface area (Å²) in [6.45, 7) is 3.74. The molecule has 3 rings (SSSR count). The third kappa shape index (κ3) is 3.01. The van der Waals surface area contributed by atoms with Gasteiger partial charge in [-0.2, -0.15) is 0 Å². The summed E-state index contributed by atoms with van der Waals surface area (Å²) < 4.78 is 6.43. The maximum atomic E-state index is 12.3. The molecule has 122 valence electrons. The van der Waals surface area contributed by atoms with Gasteiger partial charge in [0.15, 0.2) is 5.76 Å². The molecule has 0 fully saturated rings. The second-order valence-corrected chi connectivity index (χ2v) is 6.48. The average Bonchev–Trinajstić information content (AvgIpc) is 2.92. The first-order valence-corrected chi connectivity index (χ1v) is 8.41. The minimum absolute atomic E-state index is 0.190. The lowest BCUT2D eigenvalue weighted by Gasteiger charge is -2.09. The first-order valence-electron chi connectivity index (χ1n) is 7.33. The van der Waals surface area contributed by atoms with E-state index in [1.807, 2.05) is 38.1 Å². The zero-order chi connectivity index (χ0) is 17.3. The molecule has 0 aliphatic heterocycles. The number of nitrogens with one attached hydrogen (secondary N) is 2. The van der Waals surface area contributed by atoms with Crippen molar-refractivity contribution in [3.05, 3.63) is 68.5 Å². The first kappa shape index (κ1) is 16.5. The number of furan rings is 1. The third-order valence-corrected chi connectivity index (χ3v) is 5.21. The summed E-state index contributed by atoms with van der Waals surface area (Å²) >= 11 is 2.11. The summed E-state index contributed by atoms with van der Waals surface area (Å²) in [5.74, 6) is -0.666. The third-order valence-electron chi connectivity index (χ3n) is 3.78. The van der Waals surface area contributed by atoms with E-state index in [4.69, 9.17) is 4.42 Å². The first-order chi connectivity index (χ1) is 11.5. The predicted octanol–water partition coefficient (Wildman–Crippen LogP) is 3.73. The van der Waals surface area contributed by atoms with E-state index in [0.29, 0.717) is 11.1 Å². The van der Waals surface area contributed by atoms with Crippen LogP contribution in [0.5, 0.6) is 0 Å². The van der Waals surface area contributed by atoms with Gasteiger partial charge >= 0.3 is 5.91 Å². The van der Waals surface area contributed by atoms with Gasteiger partial charge in [0.2, 0.25) is 0 Å². The Bertz CT molecular complexity index is 947. The van der Waals surface area contributed by atoms with Gasteiger partial charge in [0.05, 0.1) is 5.56 Å². The highest BCUT2D eigenvalue weighted by Crippen LogP contribution is 2.24. The van der Waals surface area contributed by atoms with Gasteiger partial charge in [-0.3, -0.25) is 20.4 Å². The maximum absolute atomic E-state index is 12.3. The fourth-order valence-electron chi connectivity index (χ4n) is 2.45. The van der Waals surface area contributed by atoms with Crippen molar-refractivity contribution in [2.75, 3.05) is 0 Å². The van der Waals surface area contributed by atoms with E-state index < -0.39 is 5.91 Å². The van der Waals surface area contributed by atoms with Crippen molar-refractivity contribution in [3.8, 4) is 0 Å². The molecule has 0 spiro atoms. The van der Waals surface area contributed by atoms with Gasteiger partial charge < -0.3 is 4.42 Å². The van der Waals surface area contributed by atoms with Crippen LogP contribution in [0.3, 0.4) is 0 Å². The van der Waals surface area contributed by atoms with E-state index in [-0.39, 0.29) is 11.7 Å². The Kier molecular flexibility index (Phi) is 4.57. The molecule has 0 saturated heterocycles. The number of carbonyl (C=O) groups excluding carboxylic acids is 2. The summed E-state index contributed by atoms with van der Waals surface area (Å²) in [4.78, 5) is 24.6. The predicted molar refractivity (Wildman–Crippen MR) is 99.8 cm³/mol. The van der Waals surface area contributed by atoms with Gasteiger partial charge in [-0.25, -0.2) is 0 Å². The molecule has 3 aromatic rings. The van der Waals surface area contributed by atoms with Crippen molar-refractivity contribution in [3.63, 3.8) is 0 Å². The van der Waals surface area contributed by atoms with Crippen LogP contribution >= 0.6 is 22.6 Å². The Labute approximate surface area is 152 Å². The highest BCUT2D eigenvalue weighted by atomic mass is 127. The van der Waals surface area contributed by atoms with E-state index in [1.54, 1.807) is 18.2 Å². The number of aryl methyl sites for hydroxylation is 2. The molecule has 0 bridgehead atoms. The summed E-state index contributed by atoms with van der Waals surface area (Å²) in [5.41, 5.74) is 7.73. The largest absolute Gasteiger partial charge is 0.451 e. The number of hydrogen-bond acceptors (Lipinski definition) is 3. The Hall–Kier alpha value is -2.35. The van der Waals surface area contributed by atoms with E-state index in [0.717, 1.165) is 20.1 Å². The van der Waals surface area contributed by atoms with Crippen LogP contribution in [0.15, 0.2) is 46.9 Å². The van der Waals surface area contributed by atoms with Crippen LogP contribution in [-0.4, -0.2) is 11.8 Å². The second kappa shape index (κ2) is 6.64. The molecule has 24 heavy (non-hydrogen) atoms. The fraction of sp³-hybridized carbons (Fsp3) is 0.111. The molecule has 0 unspecified atom stereocenters. The average molecular weight is 434 g/mol. The summed E-state index contributed by atoms with van der Waals surface area (Å²) in [7, 11) is 0. The lowest BCUT2D eigenvalue weighted by molar-refractivity contribution is 0.0831. The van der Waals surface area contributed by atoms with E-state index in [1.165, 1.54) is 0 Å². The summed E-state index contributed by atoms with van der Waals surface area (Å²) in [5, 5.41) is 0.877. The SMILES string of the molecule is Cc1cccc(C(=O)NNC(=O)c2oc3ccccc3c2C)c1I. The standard InChI is InChI=1S/C18H15IN2O3/c1-10-6-5-8-13(15(10)19)17(22)20-21-18(23)16-11(2)12-7-3-4-9-14(12)24-16/h3-9H,1-2H3,(H,20,22)(H,21,23). The van der Waals surface area contributed by atoms with Crippen LogP contribution in [0.1, 0.15) is 32.0 Å². The lowest BCUT2D eigenvalue weighted by atomic mass is 10.1. The molecular formula is C18H15IN2O3. The topological polar surface area (TPSA) is 71.3 Å². The second-order valence-electron chi connectivity index (χ2n) is 5.40. The van der Waals surface area contributed by atoms with Gasteiger partial charge in [0.1, 0.15) is 5.58 Å². The van der Waals surface area contributed by atoms with Crippen LogP contribution < -0.4 is 10.9 Å². The quantitative estimate of drug-likeness (QED) is 0.477. The Balaban J connectivity index is 1.76. The van der Waals surface area contributed by atoms with E-state index in [2.05, 4.69) is 33.4 Å². The highest BCUT2D eigenvalue weighted by molar-refractivity contribution is 14.1. The Morgan fingerprint density at radius 1 is 0.958 bits per heavy atom. The molecule has 0 aliphatic rings. The van der Waals surface area contributed by atoms with Crippen molar-refractivity contribution >= 4 is 45.4 Å². The van der Waals surface area contributed by atoms with Crippen molar-refractivity contribution in [2.24, 2.45) is 0 Å². The Morgan fingerprint density at radius 3 is 2.42 bits per heavy atom. The zero-order valence-electron chi connectivity index (χ0n) is 13.1. The molecule has 6 heteroatoms. The molecule has 2 aromatic carbocycles. The van der Waals surface area contributed by atoms with Crippen molar-refractivity contribution in [2.45, 2.75) is 13.8 Å². The van der Waals surface area contributed by atoms with Crippen LogP contribution in [0.4, 0.5) is 0 Å². The maximum Gasteiger partial charge on any atom is 0.305 e. The van der Waals surface area contributed by atoms with E-state index >= 15 is 0 Å². The normalized spacial score (nSPS) is 10.6. The van der Waals surface area contributed by atoms with E-state index in [9.17, 15) is 9.59 Å². The number of benzene rings is 2.